The number of sulfonamides is 1. The van der Waals surface area contributed by atoms with Crippen molar-refractivity contribution >= 4 is 33.4 Å². The molecule has 19 heavy (non-hydrogen) atoms. The highest BCUT2D eigenvalue weighted by Gasteiger charge is 2.16. The summed E-state index contributed by atoms with van der Waals surface area (Å²) in [5, 5.41) is 8.89. The van der Waals surface area contributed by atoms with Gasteiger partial charge in [-0.2, -0.15) is 17.0 Å². The quantitative estimate of drug-likeness (QED) is 0.875. The van der Waals surface area contributed by atoms with Gasteiger partial charge >= 0.3 is 0 Å². The molecule has 1 aromatic carbocycles. The number of hydrogen-bond acceptors (Lipinski definition) is 4. The second-order valence-electron chi connectivity index (χ2n) is 4.17. The molecule has 1 atom stereocenters. The summed E-state index contributed by atoms with van der Waals surface area (Å²) < 4.78 is 26.6. The lowest BCUT2D eigenvalue weighted by Gasteiger charge is -2.12. The van der Waals surface area contributed by atoms with E-state index in [4.69, 9.17) is 16.9 Å². The predicted octanol–water partition coefficient (Wildman–Crippen LogP) is 2.49. The molecule has 1 aromatic rings. The standard InChI is InChI=1S/C12H15ClN2O2S2/c1-9(8-18-2)7-15-19(16,17)11-4-3-10(6-14)12(13)5-11/h3-5,9,15H,7-8H2,1-2H3. The fourth-order valence-electron chi connectivity index (χ4n) is 1.43. The van der Waals surface area contributed by atoms with E-state index < -0.39 is 10.0 Å². The minimum Gasteiger partial charge on any atom is -0.211 e. The van der Waals surface area contributed by atoms with Gasteiger partial charge in [0.05, 0.1) is 15.5 Å². The van der Waals surface area contributed by atoms with Crippen molar-refractivity contribution in [2.75, 3.05) is 18.6 Å². The first-order chi connectivity index (χ1) is 8.90. The van der Waals surface area contributed by atoms with Crippen LogP contribution < -0.4 is 4.72 Å². The van der Waals surface area contributed by atoms with Crippen LogP contribution in [0.4, 0.5) is 0 Å². The summed E-state index contributed by atoms with van der Waals surface area (Å²) in [5.74, 6) is 1.13. The second kappa shape index (κ2) is 7.15. The highest BCUT2D eigenvalue weighted by molar-refractivity contribution is 7.98. The van der Waals surface area contributed by atoms with Crippen LogP contribution in [0, 0.1) is 17.2 Å². The lowest BCUT2D eigenvalue weighted by atomic mass is 10.2. The minimum atomic E-state index is -3.57. The summed E-state index contributed by atoms with van der Waals surface area (Å²) in [6.45, 7) is 2.35. The average molecular weight is 319 g/mol. The zero-order valence-electron chi connectivity index (χ0n) is 10.7. The van der Waals surface area contributed by atoms with Gasteiger partial charge < -0.3 is 0 Å². The molecule has 0 bridgehead atoms. The summed E-state index contributed by atoms with van der Waals surface area (Å²) in [5.41, 5.74) is 0.261. The van der Waals surface area contributed by atoms with Crippen molar-refractivity contribution in [1.29, 1.82) is 5.26 Å². The predicted molar refractivity (Wildman–Crippen MR) is 78.9 cm³/mol. The Hall–Kier alpha value is -0.740. The summed E-state index contributed by atoms with van der Waals surface area (Å²) in [6, 6.07) is 5.97. The van der Waals surface area contributed by atoms with Gasteiger partial charge in [-0.05, 0) is 36.1 Å². The number of nitrogens with one attached hydrogen (secondary N) is 1. The molecule has 0 heterocycles. The van der Waals surface area contributed by atoms with Crippen LogP contribution in [0.1, 0.15) is 12.5 Å². The van der Waals surface area contributed by atoms with Crippen molar-refractivity contribution in [2.24, 2.45) is 5.92 Å². The molecule has 0 aliphatic carbocycles. The van der Waals surface area contributed by atoms with E-state index in [0.29, 0.717) is 6.54 Å². The Balaban J connectivity index is 2.84. The Kier molecular flexibility index (Phi) is 6.14. The number of thioether (sulfide) groups is 1. The van der Waals surface area contributed by atoms with Gasteiger partial charge in [0.15, 0.2) is 0 Å². The first-order valence-corrected chi connectivity index (χ1v) is 8.84. The van der Waals surface area contributed by atoms with Crippen molar-refractivity contribution in [3.05, 3.63) is 28.8 Å². The lowest BCUT2D eigenvalue weighted by molar-refractivity contribution is 0.562. The molecule has 0 radical (unpaired) electrons. The van der Waals surface area contributed by atoms with E-state index in [0.717, 1.165) is 5.75 Å². The van der Waals surface area contributed by atoms with Crippen molar-refractivity contribution in [1.82, 2.24) is 4.72 Å². The smallest absolute Gasteiger partial charge is 0.211 e. The van der Waals surface area contributed by atoms with E-state index in [1.807, 2.05) is 19.2 Å². The van der Waals surface area contributed by atoms with Gasteiger partial charge in [0.1, 0.15) is 6.07 Å². The third kappa shape index (κ3) is 4.69. The fourth-order valence-corrected chi connectivity index (χ4v) is 3.60. The zero-order chi connectivity index (χ0) is 14.5. The largest absolute Gasteiger partial charge is 0.240 e. The highest BCUT2D eigenvalue weighted by Crippen LogP contribution is 2.20. The second-order valence-corrected chi connectivity index (χ2v) is 7.25. The summed E-state index contributed by atoms with van der Waals surface area (Å²) in [7, 11) is -3.57. The van der Waals surface area contributed by atoms with Gasteiger partial charge in [-0.25, -0.2) is 13.1 Å². The molecular formula is C12H15ClN2O2S2. The molecule has 1 N–H and O–H groups in total. The van der Waals surface area contributed by atoms with E-state index in [2.05, 4.69) is 4.72 Å². The van der Waals surface area contributed by atoms with Gasteiger partial charge in [0.2, 0.25) is 10.0 Å². The normalized spacial score (nSPS) is 12.9. The topological polar surface area (TPSA) is 70.0 Å². The van der Waals surface area contributed by atoms with Crippen LogP contribution in [0.5, 0.6) is 0 Å². The molecular weight excluding hydrogens is 304 g/mol. The van der Waals surface area contributed by atoms with E-state index in [9.17, 15) is 8.42 Å². The molecule has 1 unspecified atom stereocenters. The van der Waals surface area contributed by atoms with E-state index >= 15 is 0 Å². The Morgan fingerprint density at radius 3 is 2.74 bits per heavy atom. The molecule has 7 heteroatoms. The van der Waals surface area contributed by atoms with Crippen LogP contribution in [0.15, 0.2) is 23.1 Å². The highest BCUT2D eigenvalue weighted by atomic mass is 35.5. The Bertz CT molecular complexity index is 582. The van der Waals surface area contributed by atoms with Crippen LogP contribution in [-0.4, -0.2) is 27.0 Å². The molecule has 0 aliphatic rings. The maximum atomic E-state index is 12.0. The van der Waals surface area contributed by atoms with E-state index in [1.165, 1.54) is 18.2 Å². The van der Waals surface area contributed by atoms with E-state index in [1.54, 1.807) is 11.8 Å². The number of hydrogen-bond donors (Lipinski definition) is 1. The molecule has 4 nitrogen and oxygen atoms in total. The van der Waals surface area contributed by atoms with Gasteiger partial charge in [0, 0.05) is 6.54 Å². The minimum absolute atomic E-state index is 0.0767. The maximum Gasteiger partial charge on any atom is 0.240 e. The molecule has 104 valence electrons. The van der Waals surface area contributed by atoms with Gasteiger partial charge in [-0.1, -0.05) is 18.5 Å². The third-order valence-electron chi connectivity index (χ3n) is 2.44. The van der Waals surface area contributed by atoms with Crippen molar-refractivity contribution in [3.8, 4) is 6.07 Å². The summed E-state index contributed by atoms with van der Waals surface area (Å²) in [4.78, 5) is 0.0767. The Morgan fingerprint density at radius 2 is 2.21 bits per heavy atom. The number of halogens is 1. The molecule has 0 spiro atoms. The Morgan fingerprint density at radius 1 is 1.53 bits per heavy atom. The van der Waals surface area contributed by atoms with Crippen molar-refractivity contribution in [2.45, 2.75) is 11.8 Å². The van der Waals surface area contributed by atoms with Crippen LogP contribution in [0.25, 0.3) is 0 Å². The molecule has 0 amide bonds. The molecule has 0 aromatic heterocycles. The lowest BCUT2D eigenvalue weighted by Crippen LogP contribution is -2.29. The van der Waals surface area contributed by atoms with Crippen LogP contribution in [-0.2, 0) is 10.0 Å². The molecule has 0 aliphatic heterocycles. The average Bonchev–Trinajstić information content (AvgIpc) is 2.37. The summed E-state index contributed by atoms with van der Waals surface area (Å²) >= 11 is 7.50. The maximum absolute atomic E-state index is 12.0. The van der Waals surface area contributed by atoms with Crippen LogP contribution >= 0.6 is 23.4 Å². The summed E-state index contributed by atoms with van der Waals surface area (Å²) in [6.07, 6.45) is 1.98. The number of nitrogens with zero attached hydrogens (tertiary/aromatic N) is 1. The zero-order valence-corrected chi connectivity index (χ0v) is 13.1. The van der Waals surface area contributed by atoms with Crippen LogP contribution in [0.3, 0.4) is 0 Å². The number of nitriles is 1. The fraction of sp³-hybridized carbons (Fsp3) is 0.417. The SMILES string of the molecule is CSCC(C)CNS(=O)(=O)c1ccc(C#N)c(Cl)c1. The molecule has 0 fully saturated rings. The molecule has 0 saturated carbocycles. The van der Waals surface area contributed by atoms with Crippen molar-refractivity contribution < 1.29 is 8.42 Å². The molecule has 0 saturated heterocycles. The monoisotopic (exact) mass is 318 g/mol. The third-order valence-corrected chi connectivity index (χ3v) is 5.08. The van der Waals surface area contributed by atoms with E-state index in [-0.39, 0.29) is 21.4 Å². The first kappa shape index (κ1) is 16.3. The molecule has 1 rings (SSSR count). The van der Waals surface area contributed by atoms with Gasteiger partial charge in [-0.3, -0.25) is 0 Å². The van der Waals surface area contributed by atoms with Gasteiger partial charge in [-0.15, -0.1) is 0 Å². The van der Waals surface area contributed by atoms with Gasteiger partial charge in [0.25, 0.3) is 0 Å². The van der Waals surface area contributed by atoms with Crippen molar-refractivity contribution in [3.63, 3.8) is 0 Å². The van der Waals surface area contributed by atoms with Crippen LogP contribution in [0.2, 0.25) is 5.02 Å². The number of rotatable bonds is 6. The first-order valence-electron chi connectivity index (χ1n) is 5.59. The number of benzene rings is 1. The Labute approximate surface area is 123 Å².